The molecular weight excluding hydrogens is 438 g/mol. The Hall–Kier alpha value is -4.08. The first kappa shape index (κ1) is 21.7. The molecule has 176 valence electrons. The molecule has 1 fully saturated rings. The van der Waals surface area contributed by atoms with Crippen molar-refractivity contribution in [1.29, 1.82) is 0 Å². The van der Waals surface area contributed by atoms with Gasteiger partial charge in [0.2, 0.25) is 0 Å². The summed E-state index contributed by atoms with van der Waals surface area (Å²) < 4.78 is 11.2. The lowest BCUT2D eigenvalue weighted by Gasteiger charge is -2.28. The number of benzene rings is 1. The van der Waals surface area contributed by atoms with Crippen molar-refractivity contribution < 1.29 is 23.5 Å². The topological polar surface area (TPSA) is 126 Å². The lowest BCUT2D eigenvalue weighted by Crippen LogP contribution is -2.52. The molecule has 1 unspecified atom stereocenters. The minimum atomic E-state index is -1.57. The van der Waals surface area contributed by atoms with Crippen LogP contribution in [0.4, 0.5) is 10.6 Å². The van der Waals surface area contributed by atoms with Crippen molar-refractivity contribution in [3.05, 3.63) is 53.3 Å². The van der Waals surface area contributed by atoms with Crippen molar-refractivity contribution in [2.45, 2.75) is 31.8 Å². The van der Waals surface area contributed by atoms with Gasteiger partial charge in [0.25, 0.3) is 11.8 Å². The number of pyridine rings is 1. The average molecular weight is 463 g/mol. The summed E-state index contributed by atoms with van der Waals surface area (Å²) in [5.74, 6) is 0.645. The third-order valence-corrected chi connectivity index (χ3v) is 6.20. The molecule has 3 aromatic rings. The molecule has 0 saturated carbocycles. The first-order valence-electron chi connectivity index (χ1n) is 11.2. The molecule has 1 aromatic carbocycles. The van der Waals surface area contributed by atoms with Crippen LogP contribution in [0.15, 0.2) is 40.8 Å². The van der Waals surface area contributed by atoms with E-state index in [-0.39, 0.29) is 18.2 Å². The van der Waals surface area contributed by atoms with Gasteiger partial charge in [-0.3, -0.25) is 14.9 Å². The fraction of sp³-hybridized carbons (Fsp3) is 0.333. The van der Waals surface area contributed by atoms with Crippen LogP contribution >= 0.6 is 0 Å². The van der Waals surface area contributed by atoms with Gasteiger partial charge in [-0.1, -0.05) is 19.4 Å². The third kappa shape index (κ3) is 3.60. The van der Waals surface area contributed by atoms with Gasteiger partial charge in [0.05, 0.1) is 13.7 Å². The van der Waals surface area contributed by atoms with Crippen LogP contribution in [0.2, 0.25) is 0 Å². The number of ether oxygens (including phenoxy) is 1. The Morgan fingerprint density at radius 3 is 2.79 bits per heavy atom. The fourth-order valence-electron chi connectivity index (χ4n) is 4.36. The van der Waals surface area contributed by atoms with Crippen molar-refractivity contribution in [3.8, 4) is 5.75 Å². The Labute approximate surface area is 195 Å². The number of rotatable bonds is 8. The summed E-state index contributed by atoms with van der Waals surface area (Å²) in [5, 5.41) is 8.24. The van der Waals surface area contributed by atoms with E-state index in [1.165, 1.54) is 12.0 Å². The molecule has 5 rings (SSSR count). The first-order chi connectivity index (χ1) is 16.4. The molecule has 34 heavy (non-hydrogen) atoms. The summed E-state index contributed by atoms with van der Waals surface area (Å²) in [6, 6.07) is 9.85. The Morgan fingerprint density at radius 1 is 1.21 bits per heavy atom. The van der Waals surface area contributed by atoms with Gasteiger partial charge < -0.3 is 24.7 Å². The Bertz CT molecular complexity index is 1300. The number of hydrogen-bond acceptors (Lipinski definition) is 7. The number of aromatic nitrogens is 1. The summed E-state index contributed by atoms with van der Waals surface area (Å²) in [6.45, 7) is 3.11. The standard InChI is InChI=1S/C24H25N5O5/c1-3-4-9-25-20-8-7-18-17(26-20)11-19(34-18)24(22(31)27-23(32)28-24)13-29-12-14-5-6-15(33-2)10-16(14)21(29)30/h5-8,10-11H,3-4,9,12-13H2,1-2H3,(H,25,26)(H2,27,28,31,32). The monoisotopic (exact) mass is 463 g/mol. The van der Waals surface area contributed by atoms with E-state index < -0.39 is 17.5 Å². The number of fused-ring (bicyclic) bond motifs is 2. The van der Waals surface area contributed by atoms with Crippen molar-refractivity contribution in [2.24, 2.45) is 0 Å². The molecule has 3 N–H and O–H groups in total. The number of amides is 4. The summed E-state index contributed by atoms with van der Waals surface area (Å²) in [6.07, 6.45) is 2.08. The molecule has 0 spiro atoms. The first-order valence-corrected chi connectivity index (χ1v) is 11.2. The van der Waals surface area contributed by atoms with Gasteiger partial charge in [0.1, 0.15) is 22.8 Å². The number of hydrogen-bond donors (Lipinski definition) is 3. The third-order valence-electron chi connectivity index (χ3n) is 6.20. The van der Waals surface area contributed by atoms with Crippen molar-refractivity contribution >= 4 is 34.8 Å². The summed E-state index contributed by atoms with van der Waals surface area (Å²) in [4.78, 5) is 44.5. The van der Waals surface area contributed by atoms with Crippen LogP contribution in [0, 0.1) is 0 Å². The Morgan fingerprint density at radius 2 is 2.06 bits per heavy atom. The van der Waals surface area contributed by atoms with Crippen molar-refractivity contribution in [1.82, 2.24) is 20.5 Å². The highest BCUT2D eigenvalue weighted by atomic mass is 16.5. The van der Waals surface area contributed by atoms with E-state index in [1.54, 1.807) is 30.3 Å². The van der Waals surface area contributed by atoms with Gasteiger partial charge in [-0.25, -0.2) is 9.78 Å². The number of carbonyl (C=O) groups is 3. The maximum atomic E-state index is 13.1. The van der Waals surface area contributed by atoms with Crippen LogP contribution < -0.4 is 20.7 Å². The molecule has 10 heteroatoms. The minimum absolute atomic E-state index is 0.0954. The van der Waals surface area contributed by atoms with Gasteiger partial charge in [-0.15, -0.1) is 0 Å². The van der Waals surface area contributed by atoms with Crippen molar-refractivity contribution in [3.63, 3.8) is 0 Å². The van der Waals surface area contributed by atoms with Gasteiger partial charge in [0, 0.05) is 24.7 Å². The van der Waals surface area contributed by atoms with Crippen LogP contribution in [-0.2, 0) is 16.9 Å². The molecule has 4 amide bonds. The van der Waals surface area contributed by atoms with Gasteiger partial charge in [0.15, 0.2) is 11.1 Å². The summed E-state index contributed by atoms with van der Waals surface area (Å²) >= 11 is 0. The second-order valence-corrected chi connectivity index (χ2v) is 8.47. The number of anilines is 1. The number of furan rings is 1. The molecule has 2 aliphatic rings. The smallest absolute Gasteiger partial charge is 0.322 e. The van der Waals surface area contributed by atoms with E-state index in [4.69, 9.17) is 9.15 Å². The molecule has 2 aromatic heterocycles. The molecule has 0 radical (unpaired) electrons. The Kier molecular flexibility index (Phi) is 5.35. The SMILES string of the molecule is CCCCNc1ccc2oc(C3(CN4Cc5ccc(OC)cc5C4=O)NC(=O)NC3=O)cc2n1. The molecule has 1 saturated heterocycles. The van der Waals surface area contributed by atoms with E-state index in [1.807, 2.05) is 6.07 Å². The lowest BCUT2D eigenvalue weighted by atomic mass is 9.95. The van der Waals surface area contributed by atoms with Crippen LogP contribution in [0.5, 0.6) is 5.75 Å². The van der Waals surface area contributed by atoms with E-state index in [9.17, 15) is 14.4 Å². The van der Waals surface area contributed by atoms with E-state index in [0.717, 1.165) is 24.9 Å². The van der Waals surface area contributed by atoms with Crippen LogP contribution in [-0.4, -0.2) is 47.9 Å². The normalized spacial score (nSPS) is 19.4. The molecule has 0 aliphatic carbocycles. The Balaban J connectivity index is 1.47. The zero-order valence-corrected chi connectivity index (χ0v) is 18.9. The predicted octanol–water partition coefficient (Wildman–Crippen LogP) is 2.74. The second-order valence-electron chi connectivity index (χ2n) is 8.47. The van der Waals surface area contributed by atoms with Crippen LogP contribution in [0.1, 0.15) is 41.4 Å². The summed E-state index contributed by atoms with van der Waals surface area (Å²) in [5.41, 5.74) is 0.777. The number of nitrogens with zero attached hydrogens (tertiary/aromatic N) is 2. The van der Waals surface area contributed by atoms with E-state index >= 15 is 0 Å². The molecular formula is C24H25N5O5. The largest absolute Gasteiger partial charge is 0.497 e. The van der Waals surface area contributed by atoms with Crippen LogP contribution in [0.3, 0.4) is 0 Å². The highest BCUT2D eigenvalue weighted by molar-refractivity contribution is 6.08. The molecule has 0 bridgehead atoms. The number of urea groups is 1. The lowest BCUT2D eigenvalue weighted by molar-refractivity contribution is -0.125. The minimum Gasteiger partial charge on any atom is -0.497 e. The highest BCUT2D eigenvalue weighted by Gasteiger charge is 2.53. The number of unbranched alkanes of at least 4 members (excludes halogenated alkanes) is 1. The van der Waals surface area contributed by atoms with E-state index in [2.05, 4.69) is 27.9 Å². The van der Waals surface area contributed by atoms with E-state index in [0.29, 0.717) is 34.8 Å². The molecule has 10 nitrogen and oxygen atoms in total. The van der Waals surface area contributed by atoms with Gasteiger partial charge >= 0.3 is 6.03 Å². The zero-order chi connectivity index (χ0) is 23.9. The quantitative estimate of drug-likeness (QED) is 0.346. The predicted molar refractivity (Wildman–Crippen MR) is 123 cm³/mol. The second kappa shape index (κ2) is 8.36. The fourth-order valence-corrected chi connectivity index (χ4v) is 4.36. The maximum absolute atomic E-state index is 13.1. The number of imide groups is 1. The molecule has 1 atom stereocenters. The van der Waals surface area contributed by atoms with Gasteiger partial charge in [-0.05, 0) is 36.2 Å². The molecule has 4 heterocycles. The van der Waals surface area contributed by atoms with Crippen molar-refractivity contribution in [2.75, 3.05) is 25.5 Å². The number of methoxy groups -OCH3 is 1. The number of nitrogens with one attached hydrogen (secondary N) is 3. The van der Waals surface area contributed by atoms with Gasteiger partial charge in [-0.2, -0.15) is 0 Å². The maximum Gasteiger partial charge on any atom is 0.322 e. The highest BCUT2D eigenvalue weighted by Crippen LogP contribution is 2.35. The average Bonchev–Trinajstić information content (AvgIpc) is 3.47. The zero-order valence-electron chi connectivity index (χ0n) is 18.9. The molecule has 2 aliphatic heterocycles. The number of carbonyl (C=O) groups excluding carboxylic acids is 3. The van der Waals surface area contributed by atoms with Crippen LogP contribution in [0.25, 0.3) is 11.1 Å². The summed E-state index contributed by atoms with van der Waals surface area (Å²) in [7, 11) is 1.53.